The molecule has 0 aliphatic rings. The van der Waals surface area contributed by atoms with E-state index in [2.05, 4.69) is 25.5 Å². The van der Waals surface area contributed by atoms with Crippen molar-refractivity contribution >= 4 is 5.91 Å². The van der Waals surface area contributed by atoms with Gasteiger partial charge in [0, 0.05) is 25.4 Å². The first-order valence-corrected chi connectivity index (χ1v) is 5.84. The van der Waals surface area contributed by atoms with Crippen LogP contribution >= 0.6 is 0 Å². The van der Waals surface area contributed by atoms with E-state index < -0.39 is 0 Å². The van der Waals surface area contributed by atoms with Gasteiger partial charge in [0.05, 0.1) is 6.42 Å². The molecule has 0 unspecified atom stereocenters. The number of nitrogens with one attached hydrogen (secondary N) is 2. The van der Waals surface area contributed by atoms with Crippen LogP contribution in [0.1, 0.15) is 17.8 Å². The number of nitrogens with zero attached hydrogens (tertiary/aromatic N) is 3. The molecular weight excluding hydrogens is 230 g/mol. The predicted octanol–water partition coefficient (Wildman–Crippen LogP) is 0.491. The van der Waals surface area contributed by atoms with Crippen LogP contribution in [0.3, 0.4) is 0 Å². The Balaban J connectivity index is 1.63. The van der Waals surface area contributed by atoms with Gasteiger partial charge in [-0.05, 0) is 18.1 Å². The number of hydrogen-bond donors (Lipinski definition) is 2. The van der Waals surface area contributed by atoms with Crippen molar-refractivity contribution in [2.75, 3.05) is 6.54 Å². The molecule has 0 atom stereocenters. The van der Waals surface area contributed by atoms with Crippen molar-refractivity contribution in [3.8, 4) is 0 Å². The second-order valence-electron chi connectivity index (χ2n) is 3.92. The molecule has 1 amide bonds. The highest BCUT2D eigenvalue weighted by molar-refractivity contribution is 5.78. The quantitative estimate of drug-likeness (QED) is 0.725. The highest BCUT2D eigenvalue weighted by Crippen LogP contribution is 1.97. The number of aryl methyl sites for hydroxylation is 1. The fourth-order valence-electron chi connectivity index (χ4n) is 1.59. The van der Waals surface area contributed by atoms with Crippen molar-refractivity contribution in [3.63, 3.8) is 0 Å². The summed E-state index contributed by atoms with van der Waals surface area (Å²) >= 11 is 0. The van der Waals surface area contributed by atoms with Crippen molar-refractivity contribution in [2.45, 2.75) is 19.3 Å². The third kappa shape index (κ3) is 3.97. The van der Waals surface area contributed by atoms with Crippen molar-refractivity contribution < 1.29 is 4.79 Å². The number of carbonyl (C=O) groups excluding carboxylic acids is 1. The van der Waals surface area contributed by atoms with Gasteiger partial charge in [0.2, 0.25) is 5.91 Å². The zero-order valence-corrected chi connectivity index (χ0v) is 9.97. The van der Waals surface area contributed by atoms with E-state index in [9.17, 15) is 4.79 Å². The lowest BCUT2D eigenvalue weighted by Gasteiger charge is -2.04. The minimum Gasteiger partial charge on any atom is -0.356 e. The molecule has 0 radical (unpaired) electrons. The number of H-pyrrole nitrogens is 1. The summed E-state index contributed by atoms with van der Waals surface area (Å²) in [6.45, 7) is 0.639. The Hall–Kier alpha value is -2.24. The zero-order chi connectivity index (χ0) is 12.6. The van der Waals surface area contributed by atoms with Crippen LogP contribution in [0.5, 0.6) is 0 Å². The lowest BCUT2D eigenvalue weighted by Crippen LogP contribution is -2.26. The molecule has 0 aliphatic heterocycles. The van der Waals surface area contributed by atoms with Gasteiger partial charge in [0.15, 0.2) is 0 Å². The number of aromatic amines is 1. The average molecular weight is 245 g/mol. The van der Waals surface area contributed by atoms with E-state index in [-0.39, 0.29) is 5.91 Å². The maximum absolute atomic E-state index is 11.6. The number of carbonyl (C=O) groups is 1. The smallest absolute Gasteiger partial charge is 0.224 e. The van der Waals surface area contributed by atoms with Gasteiger partial charge in [-0.1, -0.05) is 6.07 Å². The molecule has 0 aliphatic carbocycles. The number of aromatic nitrogens is 4. The number of amides is 1. The molecular formula is C12H15N5O. The fraction of sp³-hybridized carbons (Fsp3) is 0.333. The molecule has 6 heteroatoms. The van der Waals surface area contributed by atoms with Crippen molar-refractivity contribution in [3.05, 3.63) is 42.2 Å². The van der Waals surface area contributed by atoms with Crippen LogP contribution in [-0.2, 0) is 17.6 Å². The van der Waals surface area contributed by atoms with Crippen LogP contribution in [0.15, 0.2) is 30.9 Å². The Morgan fingerprint density at radius 3 is 3.11 bits per heavy atom. The predicted molar refractivity (Wildman–Crippen MR) is 65.7 cm³/mol. The highest BCUT2D eigenvalue weighted by Gasteiger charge is 2.02. The topological polar surface area (TPSA) is 83.6 Å². The van der Waals surface area contributed by atoms with Crippen molar-refractivity contribution in [1.82, 2.24) is 25.5 Å². The molecule has 2 N–H and O–H groups in total. The van der Waals surface area contributed by atoms with Gasteiger partial charge in [0.1, 0.15) is 12.2 Å². The lowest BCUT2D eigenvalue weighted by molar-refractivity contribution is -0.120. The third-order valence-electron chi connectivity index (χ3n) is 2.46. The van der Waals surface area contributed by atoms with E-state index in [0.29, 0.717) is 13.0 Å². The van der Waals surface area contributed by atoms with E-state index in [1.165, 1.54) is 6.33 Å². The Morgan fingerprint density at radius 2 is 2.39 bits per heavy atom. The van der Waals surface area contributed by atoms with Crippen LogP contribution in [0.25, 0.3) is 0 Å². The molecule has 0 spiro atoms. The normalized spacial score (nSPS) is 10.2. The first-order chi connectivity index (χ1) is 8.84. The van der Waals surface area contributed by atoms with Crippen LogP contribution in [0.4, 0.5) is 0 Å². The molecule has 2 rings (SSSR count). The molecule has 0 aromatic carbocycles. The lowest BCUT2D eigenvalue weighted by atomic mass is 10.2. The van der Waals surface area contributed by atoms with Gasteiger partial charge in [-0.15, -0.1) is 0 Å². The standard InChI is InChI=1S/C12H15N5O/c18-12(7-10-3-1-5-13-8-10)14-6-2-4-11-15-9-16-17-11/h1,3,5,8-9H,2,4,6-7H2,(H,14,18)(H,15,16,17). The minimum absolute atomic E-state index is 0.0144. The number of hydrogen-bond acceptors (Lipinski definition) is 4. The first kappa shape index (κ1) is 12.2. The Labute approximate surface area is 105 Å². The summed E-state index contributed by atoms with van der Waals surface area (Å²) in [5.74, 6) is 0.858. The number of rotatable bonds is 6. The third-order valence-corrected chi connectivity index (χ3v) is 2.46. The summed E-state index contributed by atoms with van der Waals surface area (Å²) in [4.78, 5) is 19.6. The highest BCUT2D eigenvalue weighted by atomic mass is 16.1. The molecule has 0 bridgehead atoms. The van der Waals surface area contributed by atoms with Gasteiger partial charge in [-0.25, -0.2) is 4.98 Å². The molecule has 94 valence electrons. The van der Waals surface area contributed by atoms with Crippen LogP contribution < -0.4 is 5.32 Å². The van der Waals surface area contributed by atoms with E-state index in [4.69, 9.17) is 0 Å². The summed E-state index contributed by atoms with van der Waals surface area (Å²) in [6, 6.07) is 3.72. The molecule has 0 fully saturated rings. The van der Waals surface area contributed by atoms with Gasteiger partial charge in [0.25, 0.3) is 0 Å². The second kappa shape index (κ2) is 6.48. The SMILES string of the molecule is O=C(Cc1cccnc1)NCCCc1ncn[nH]1. The molecule has 0 saturated heterocycles. The molecule has 2 aromatic rings. The van der Waals surface area contributed by atoms with Crippen molar-refractivity contribution in [1.29, 1.82) is 0 Å². The summed E-state index contributed by atoms with van der Waals surface area (Å²) in [5.41, 5.74) is 0.922. The van der Waals surface area contributed by atoms with Gasteiger partial charge in [-0.2, -0.15) is 5.10 Å². The van der Waals surface area contributed by atoms with E-state index in [1.807, 2.05) is 12.1 Å². The summed E-state index contributed by atoms with van der Waals surface area (Å²) in [5, 5.41) is 9.41. The van der Waals surface area contributed by atoms with Crippen LogP contribution in [0, 0.1) is 0 Å². The molecule has 6 nitrogen and oxygen atoms in total. The van der Waals surface area contributed by atoms with Gasteiger partial charge >= 0.3 is 0 Å². The minimum atomic E-state index is 0.0144. The molecule has 2 heterocycles. The largest absolute Gasteiger partial charge is 0.356 e. The molecule has 0 saturated carbocycles. The second-order valence-corrected chi connectivity index (χ2v) is 3.92. The van der Waals surface area contributed by atoms with E-state index in [0.717, 1.165) is 24.2 Å². The molecule has 2 aromatic heterocycles. The molecule has 18 heavy (non-hydrogen) atoms. The van der Waals surface area contributed by atoms with E-state index in [1.54, 1.807) is 12.4 Å². The Kier molecular flexibility index (Phi) is 4.40. The van der Waals surface area contributed by atoms with Crippen LogP contribution in [0.2, 0.25) is 0 Å². The van der Waals surface area contributed by atoms with E-state index >= 15 is 0 Å². The first-order valence-electron chi connectivity index (χ1n) is 5.84. The fourth-order valence-corrected chi connectivity index (χ4v) is 1.59. The Morgan fingerprint density at radius 1 is 1.44 bits per heavy atom. The zero-order valence-electron chi connectivity index (χ0n) is 9.97. The number of pyridine rings is 1. The monoisotopic (exact) mass is 245 g/mol. The average Bonchev–Trinajstić information content (AvgIpc) is 2.89. The summed E-state index contributed by atoms with van der Waals surface area (Å²) in [6.07, 6.45) is 6.88. The maximum Gasteiger partial charge on any atom is 0.224 e. The van der Waals surface area contributed by atoms with Crippen molar-refractivity contribution in [2.24, 2.45) is 0 Å². The van der Waals surface area contributed by atoms with Gasteiger partial charge in [-0.3, -0.25) is 14.9 Å². The summed E-state index contributed by atoms with van der Waals surface area (Å²) < 4.78 is 0. The van der Waals surface area contributed by atoms with Crippen LogP contribution in [-0.4, -0.2) is 32.6 Å². The maximum atomic E-state index is 11.6. The van der Waals surface area contributed by atoms with Gasteiger partial charge < -0.3 is 5.32 Å². The summed E-state index contributed by atoms with van der Waals surface area (Å²) in [7, 11) is 0. The Bertz CT molecular complexity index is 468.